The summed E-state index contributed by atoms with van der Waals surface area (Å²) < 4.78 is 5.42. The van der Waals surface area contributed by atoms with Crippen molar-refractivity contribution in [3.05, 3.63) is 48.2 Å². The van der Waals surface area contributed by atoms with Crippen molar-refractivity contribution in [3.63, 3.8) is 0 Å². The van der Waals surface area contributed by atoms with Crippen molar-refractivity contribution in [1.29, 1.82) is 0 Å². The van der Waals surface area contributed by atoms with Gasteiger partial charge in [-0.1, -0.05) is 39.0 Å². The standard InChI is InChI=1S/C15H18O/c1-4-15(2,3)13-8-5-7-12(11-13)14-9-6-10-16-14/h5-11H,4H2,1-3H3. The fourth-order valence-corrected chi connectivity index (χ4v) is 1.74. The summed E-state index contributed by atoms with van der Waals surface area (Å²) in [6.45, 7) is 6.77. The average molecular weight is 214 g/mol. The molecule has 0 spiro atoms. The zero-order valence-electron chi connectivity index (χ0n) is 10.2. The number of benzene rings is 1. The summed E-state index contributed by atoms with van der Waals surface area (Å²) in [6.07, 6.45) is 2.85. The van der Waals surface area contributed by atoms with Crippen LogP contribution in [0.1, 0.15) is 32.8 Å². The Hall–Kier alpha value is -1.50. The van der Waals surface area contributed by atoms with E-state index >= 15 is 0 Å². The number of hydrogen-bond acceptors (Lipinski definition) is 1. The minimum absolute atomic E-state index is 0.225. The van der Waals surface area contributed by atoms with Gasteiger partial charge >= 0.3 is 0 Å². The molecule has 0 N–H and O–H groups in total. The lowest BCUT2D eigenvalue weighted by atomic mass is 9.81. The Morgan fingerprint density at radius 3 is 2.56 bits per heavy atom. The van der Waals surface area contributed by atoms with E-state index in [0.29, 0.717) is 0 Å². The maximum absolute atomic E-state index is 5.42. The number of hydrogen-bond donors (Lipinski definition) is 0. The first kappa shape index (κ1) is 11.0. The van der Waals surface area contributed by atoms with Gasteiger partial charge in [-0.25, -0.2) is 0 Å². The van der Waals surface area contributed by atoms with Gasteiger partial charge in [0.1, 0.15) is 5.76 Å². The van der Waals surface area contributed by atoms with Crippen LogP contribution in [0.3, 0.4) is 0 Å². The van der Waals surface area contributed by atoms with Gasteiger partial charge in [0.05, 0.1) is 6.26 Å². The molecule has 0 radical (unpaired) electrons. The molecule has 0 saturated heterocycles. The van der Waals surface area contributed by atoms with Crippen LogP contribution in [0.15, 0.2) is 47.1 Å². The maximum Gasteiger partial charge on any atom is 0.133 e. The van der Waals surface area contributed by atoms with Crippen LogP contribution in [-0.2, 0) is 5.41 Å². The van der Waals surface area contributed by atoms with Gasteiger partial charge in [-0.2, -0.15) is 0 Å². The molecular weight excluding hydrogens is 196 g/mol. The molecule has 16 heavy (non-hydrogen) atoms. The Morgan fingerprint density at radius 1 is 1.12 bits per heavy atom. The molecule has 0 aliphatic rings. The van der Waals surface area contributed by atoms with Crippen LogP contribution < -0.4 is 0 Å². The summed E-state index contributed by atoms with van der Waals surface area (Å²) in [4.78, 5) is 0. The largest absolute Gasteiger partial charge is 0.464 e. The van der Waals surface area contributed by atoms with E-state index in [4.69, 9.17) is 4.42 Å². The van der Waals surface area contributed by atoms with Crippen molar-refractivity contribution in [2.75, 3.05) is 0 Å². The first-order valence-electron chi connectivity index (χ1n) is 5.78. The van der Waals surface area contributed by atoms with Crippen LogP contribution in [0.5, 0.6) is 0 Å². The summed E-state index contributed by atoms with van der Waals surface area (Å²) in [5, 5.41) is 0. The summed E-state index contributed by atoms with van der Waals surface area (Å²) in [6, 6.07) is 12.5. The summed E-state index contributed by atoms with van der Waals surface area (Å²) in [7, 11) is 0. The SMILES string of the molecule is CCC(C)(C)c1cccc(-c2ccco2)c1. The van der Waals surface area contributed by atoms with Crippen molar-refractivity contribution in [3.8, 4) is 11.3 Å². The molecule has 84 valence electrons. The van der Waals surface area contributed by atoms with Gasteiger partial charge in [0.25, 0.3) is 0 Å². The molecule has 2 rings (SSSR count). The minimum Gasteiger partial charge on any atom is -0.464 e. The second kappa shape index (κ2) is 4.17. The molecule has 0 saturated carbocycles. The zero-order valence-corrected chi connectivity index (χ0v) is 10.2. The van der Waals surface area contributed by atoms with E-state index in [1.54, 1.807) is 6.26 Å². The minimum atomic E-state index is 0.225. The molecule has 1 aromatic carbocycles. The van der Waals surface area contributed by atoms with E-state index in [-0.39, 0.29) is 5.41 Å². The van der Waals surface area contributed by atoms with Crippen LogP contribution in [0.4, 0.5) is 0 Å². The molecule has 1 heterocycles. The molecule has 0 unspecified atom stereocenters. The number of furan rings is 1. The third kappa shape index (κ3) is 2.04. The normalized spacial score (nSPS) is 11.7. The van der Waals surface area contributed by atoms with Crippen LogP contribution in [0.2, 0.25) is 0 Å². The lowest BCUT2D eigenvalue weighted by Crippen LogP contribution is -2.15. The van der Waals surface area contributed by atoms with E-state index in [1.807, 2.05) is 12.1 Å². The molecule has 0 fully saturated rings. The summed E-state index contributed by atoms with van der Waals surface area (Å²) in [5.41, 5.74) is 2.75. The average Bonchev–Trinajstić information content (AvgIpc) is 2.83. The summed E-state index contributed by atoms with van der Waals surface area (Å²) in [5.74, 6) is 0.939. The van der Waals surface area contributed by atoms with Gasteiger partial charge in [-0.3, -0.25) is 0 Å². The van der Waals surface area contributed by atoms with Gasteiger partial charge in [-0.05, 0) is 35.6 Å². The van der Waals surface area contributed by atoms with Crippen molar-refractivity contribution in [1.82, 2.24) is 0 Å². The topological polar surface area (TPSA) is 13.1 Å². The smallest absolute Gasteiger partial charge is 0.133 e. The maximum atomic E-state index is 5.42. The van der Waals surface area contributed by atoms with Gasteiger partial charge < -0.3 is 4.42 Å². The molecule has 0 aliphatic carbocycles. The van der Waals surface area contributed by atoms with Crippen LogP contribution in [-0.4, -0.2) is 0 Å². The molecule has 0 bridgehead atoms. The molecular formula is C15H18O. The third-order valence-corrected chi connectivity index (χ3v) is 3.33. The Labute approximate surface area is 97.1 Å². The predicted molar refractivity (Wildman–Crippen MR) is 67.5 cm³/mol. The molecule has 0 atom stereocenters. The predicted octanol–water partition coefficient (Wildman–Crippen LogP) is 4.63. The van der Waals surface area contributed by atoms with Crippen molar-refractivity contribution >= 4 is 0 Å². The van der Waals surface area contributed by atoms with Gasteiger partial charge in [0, 0.05) is 5.56 Å². The molecule has 0 amide bonds. The Balaban J connectivity index is 2.41. The lowest BCUT2D eigenvalue weighted by molar-refractivity contribution is 0.506. The van der Waals surface area contributed by atoms with E-state index < -0.39 is 0 Å². The van der Waals surface area contributed by atoms with Crippen molar-refractivity contribution in [2.24, 2.45) is 0 Å². The fraction of sp³-hybridized carbons (Fsp3) is 0.333. The highest BCUT2D eigenvalue weighted by Gasteiger charge is 2.18. The Bertz CT molecular complexity index is 452. The van der Waals surface area contributed by atoms with Gasteiger partial charge in [0.2, 0.25) is 0 Å². The van der Waals surface area contributed by atoms with Gasteiger partial charge in [0.15, 0.2) is 0 Å². The van der Waals surface area contributed by atoms with Crippen LogP contribution in [0.25, 0.3) is 11.3 Å². The Morgan fingerprint density at radius 2 is 1.94 bits per heavy atom. The molecule has 1 nitrogen and oxygen atoms in total. The molecule has 1 heteroatoms. The highest BCUT2D eigenvalue weighted by Crippen LogP contribution is 2.30. The molecule has 2 aromatic rings. The monoisotopic (exact) mass is 214 g/mol. The second-order valence-electron chi connectivity index (χ2n) is 4.80. The van der Waals surface area contributed by atoms with Gasteiger partial charge in [-0.15, -0.1) is 0 Å². The highest BCUT2D eigenvalue weighted by atomic mass is 16.3. The second-order valence-corrected chi connectivity index (χ2v) is 4.80. The first-order valence-corrected chi connectivity index (χ1v) is 5.78. The highest BCUT2D eigenvalue weighted by molar-refractivity contribution is 5.58. The van der Waals surface area contributed by atoms with Crippen molar-refractivity contribution < 1.29 is 4.42 Å². The molecule has 0 aliphatic heterocycles. The fourth-order valence-electron chi connectivity index (χ4n) is 1.74. The van der Waals surface area contributed by atoms with Crippen LogP contribution in [0, 0.1) is 0 Å². The van der Waals surface area contributed by atoms with E-state index in [9.17, 15) is 0 Å². The third-order valence-electron chi connectivity index (χ3n) is 3.33. The zero-order chi connectivity index (χ0) is 11.6. The van der Waals surface area contributed by atoms with Crippen molar-refractivity contribution in [2.45, 2.75) is 32.6 Å². The Kier molecular flexibility index (Phi) is 2.86. The number of rotatable bonds is 3. The van der Waals surface area contributed by atoms with Crippen LogP contribution >= 0.6 is 0 Å². The van der Waals surface area contributed by atoms with E-state index in [1.165, 1.54) is 5.56 Å². The quantitative estimate of drug-likeness (QED) is 0.725. The molecule has 1 aromatic heterocycles. The lowest BCUT2D eigenvalue weighted by Gasteiger charge is -2.23. The van der Waals surface area contributed by atoms with E-state index in [0.717, 1.165) is 17.7 Å². The van der Waals surface area contributed by atoms with E-state index in [2.05, 4.69) is 45.0 Å². The summed E-state index contributed by atoms with van der Waals surface area (Å²) >= 11 is 0. The first-order chi connectivity index (χ1) is 7.63.